The number of amides is 4. The summed E-state index contributed by atoms with van der Waals surface area (Å²) in [7, 11) is 1.41. The van der Waals surface area contributed by atoms with Crippen molar-refractivity contribution in [2.45, 2.75) is 37.0 Å². The van der Waals surface area contributed by atoms with E-state index in [0.29, 0.717) is 12.8 Å². The minimum atomic E-state index is -0.858. The van der Waals surface area contributed by atoms with Crippen LogP contribution in [-0.2, 0) is 19.1 Å². The molecule has 0 spiro atoms. The molecule has 9 nitrogen and oxygen atoms in total. The Balaban J connectivity index is 1.55. The van der Waals surface area contributed by atoms with Gasteiger partial charge in [-0.3, -0.25) is 19.2 Å². The van der Waals surface area contributed by atoms with Crippen LogP contribution in [0.2, 0.25) is 0 Å². The number of fused-ring (bicyclic) bond motifs is 2. The molecule has 0 bridgehead atoms. The first-order valence-corrected chi connectivity index (χ1v) is 9.84. The summed E-state index contributed by atoms with van der Waals surface area (Å²) in [6, 6.07) is 2.88. The predicted molar refractivity (Wildman–Crippen MR) is 102 cm³/mol. The summed E-state index contributed by atoms with van der Waals surface area (Å²) in [5, 5.41) is 5.65. The van der Waals surface area contributed by atoms with E-state index in [1.54, 1.807) is 0 Å². The third-order valence-electron chi connectivity index (χ3n) is 5.84. The molecule has 4 atom stereocenters. The lowest BCUT2D eigenvalue weighted by Crippen LogP contribution is -2.52. The van der Waals surface area contributed by atoms with Crippen LogP contribution in [0.1, 0.15) is 23.2 Å². The topological polar surface area (TPSA) is 108 Å². The highest BCUT2D eigenvalue weighted by molar-refractivity contribution is 6.00. The first-order chi connectivity index (χ1) is 14.4. The van der Waals surface area contributed by atoms with E-state index in [9.17, 15) is 23.6 Å². The van der Waals surface area contributed by atoms with E-state index >= 15 is 0 Å². The van der Waals surface area contributed by atoms with E-state index in [-0.39, 0.29) is 49.0 Å². The van der Waals surface area contributed by atoms with Crippen molar-refractivity contribution in [1.29, 1.82) is 0 Å². The Kier molecular flexibility index (Phi) is 5.42. The number of ether oxygens (including phenoxy) is 1. The van der Waals surface area contributed by atoms with Crippen LogP contribution in [0.4, 0.5) is 4.39 Å². The number of hydrogen-bond donors (Lipinski definition) is 2. The van der Waals surface area contributed by atoms with Gasteiger partial charge in [-0.1, -0.05) is 6.07 Å². The highest BCUT2D eigenvalue weighted by atomic mass is 19.1. The quantitative estimate of drug-likeness (QED) is 0.671. The van der Waals surface area contributed by atoms with Crippen LogP contribution in [0.25, 0.3) is 0 Å². The maximum atomic E-state index is 13.6. The second kappa shape index (κ2) is 8.02. The molecule has 0 aliphatic carbocycles. The van der Waals surface area contributed by atoms with Gasteiger partial charge >= 0.3 is 0 Å². The zero-order valence-electron chi connectivity index (χ0n) is 16.5. The molecule has 2 N–H and O–H groups in total. The van der Waals surface area contributed by atoms with Crippen molar-refractivity contribution < 1.29 is 28.3 Å². The summed E-state index contributed by atoms with van der Waals surface area (Å²) in [4.78, 5) is 53.7. The van der Waals surface area contributed by atoms with Gasteiger partial charge < -0.3 is 25.2 Å². The molecule has 0 saturated carbocycles. The van der Waals surface area contributed by atoms with E-state index in [4.69, 9.17) is 4.74 Å². The molecule has 3 aliphatic rings. The fraction of sp³-hybridized carbons (Fsp3) is 0.500. The highest BCUT2D eigenvalue weighted by Crippen LogP contribution is 2.30. The van der Waals surface area contributed by atoms with E-state index < -0.39 is 29.8 Å². The Morgan fingerprint density at radius 2 is 2.13 bits per heavy atom. The summed E-state index contributed by atoms with van der Waals surface area (Å²) in [6.07, 6.45) is 0.738. The molecule has 1 aromatic rings. The molecule has 4 unspecified atom stereocenters. The Morgan fingerprint density at radius 1 is 1.33 bits per heavy atom. The third kappa shape index (κ3) is 3.62. The van der Waals surface area contributed by atoms with Crippen molar-refractivity contribution in [3.05, 3.63) is 35.6 Å². The minimum Gasteiger partial charge on any atom is -0.375 e. The molecule has 0 radical (unpaired) electrons. The number of carbonyl (C=O) groups is 4. The van der Waals surface area contributed by atoms with Crippen molar-refractivity contribution >= 4 is 23.6 Å². The molecule has 30 heavy (non-hydrogen) atoms. The smallest absolute Gasteiger partial charge is 0.254 e. The van der Waals surface area contributed by atoms with Crippen LogP contribution in [0.3, 0.4) is 0 Å². The lowest BCUT2D eigenvalue weighted by Gasteiger charge is -2.29. The molecule has 4 amide bonds. The van der Waals surface area contributed by atoms with Gasteiger partial charge in [-0.2, -0.15) is 0 Å². The molecular formula is C20H23FN4O5. The van der Waals surface area contributed by atoms with Crippen LogP contribution in [-0.4, -0.2) is 84.4 Å². The first kappa shape index (κ1) is 20.3. The number of nitrogens with one attached hydrogen (secondary N) is 2. The van der Waals surface area contributed by atoms with Crippen LogP contribution in [0.5, 0.6) is 0 Å². The molecule has 4 rings (SSSR count). The van der Waals surface area contributed by atoms with Gasteiger partial charge in [0.25, 0.3) is 5.91 Å². The number of likely N-dealkylation sites (tertiary alicyclic amines) is 1. The van der Waals surface area contributed by atoms with Crippen molar-refractivity contribution in [2.75, 3.05) is 26.8 Å². The van der Waals surface area contributed by atoms with Gasteiger partial charge in [-0.15, -0.1) is 0 Å². The van der Waals surface area contributed by atoms with Gasteiger partial charge in [0.05, 0.1) is 6.04 Å². The second-order valence-corrected chi connectivity index (χ2v) is 7.80. The van der Waals surface area contributed by atoms with E-state index in [0.717, 1.165) is 6.07 Å². The van der Waals surface area contributed by atoms with Gasteiger partial charge in [0.2, 0.25) is 17.7 Å². The zero-order chi connectivity index (χ0) is 21.4. The average molecular weight is 418 g/mol. The summed E-state index contributed by atoms with van der Waals surface area (Å²) < 4.78 is 18.4. The summed E-state index contributed by atoms with van der Waals surface area (Å²) in [5.74, 6) is -1.94. The van der Waals surface area contributed by atoms with Crippen LogP contribution in [0, 0.1) is 5.82 Å². The number of rotatable bonds is 4. The third-order valence-corrected chi connectivity index (χ3v) is 5.84. The van der Waals surface area contributed by atoms with E-state index in [2.05, 4.69) is 10.6 Å². The number of methoxy groups -OCH3 is 1. The number of hydrogen-bond acceptors (Lipinski definition) is 5. The van der Waals surface area contributed by atoms with Crippen molar-refractivity contribution in [2.24, 2.45) is 0 Å². The van der Waals surface area contributed by atoms with Crippen molar-refractivity contribution in [1.82, 2.24) is 20.4 Å². The van der Waals surface area contributed by atoms with Crippen LogP contribution in [0.15, 0.2) is 24.3 Å². The minimum absolute atomic E-state index is 0.109. The first-order valence-electron chi connectivity index (χ1n) is 9.84. The number of halogens is 1. The predicted octanol–water partition coefficient (Wildman–Crippen LogP) is -0.729. The Morgan fingerprint density at radius 3 is 2.87 bits per heavy atom. The normalized spacial score (nSPS) is 27.9. The van der Waals surface area contributed by atoms with Gasteiger partial charge in [0.1, 0.15) is 24.5 Å². The van der Waals surface area contributed by atoms with Crippen LogP contribution < -0.4 is 10.6 Å². The molecule has 160 valence electrons. The number of benzene rings is 1. The summed E-state index contributed by atoms with van der Waals surface area (Å²) in [6.45, 7) is 0.350. The Bertz CT molecular complexity index is 894. The molecule has 3 fully saturated rings. The largest absolute Gasteiger partial charge is 0.375 e. The van der Waals surface area contributed by atoms with Crippen molar-refractivity contribution in [3.63, 3.8) is 0 Å². The molecule has 0 aromatic heterocycles. The van der Waals surface area contributed by atoms with E-state index in [1.807, 2.05) is 0 Å². The van der Waals surface area contributed by atoms with Gasteiger partial charge in [-0.25, -0.2) is 4.39 Å². The van der Waals surface area contributed by atoms with Crippen LogP contribution >= 0.6 is 0 Å². The molecule has 1 aromatic carbocycles. The fourth-order valence-electron chi connectivity index (χ4n) is 4.55. The maximum absolute atomic E-state index is 13.6. The highest BCUT2D eigenvalue weighted by Gasteiger charge is 2.52. The summed E-state index contributed by atoms with van der Waals surface area (Å²) >= 11 is 0. The number of nitrogens with zero attached hydrogens (tertiary/aromatic N) is 2. The Hall–Kier alpha value is -3.01. The van der Waals surface area contributed by atoms with Gasteiger partial charge in [0, 0.05) is 31.8 Å². The lowest BCUT2D eigenvalue weighted by atomic mass is 10.1. The van der Waals surface area contributed by atoms with E-state index in [1.165, 1.54) is 35.1 Å². The molecule has 3 heterocycles. The second-order valence-electron chi connectivity index (χ2n) is 7.80. The SMILES string of the molecule is COCC(=O)NC1CC2C(=O)NC3CCN(C(=O)c4cccc(F)c4)C3C(=O)N2C1. The standard InChI is InChI=1S/C20H23FN4O5/c1-30-10-16(26)22-13-8-15-18(27)23-14-5-6-24(17(14)20(29)25(15)9-13)19(28)11-3-2-4-12(21)7-11/h2-4,7,13-15,17H,5-6,8-10H2,1H3,(H,22,26)(H,23,27). The molecule has 10 heteroatoms. The molecular weight excluding hydrogens is 395 g/mol. The Labute approximate surface area is 172 Å². The van der Waals surface area contributed by atoms with Crippen molar-refractivity contribution in [3.8, 4) is 0 Å². The fourth-order valence-corrected chi connectivity index (χ4v) is 4.55. The number of carbonyl (C=O) groups excluding carboxylic acids is 4. The maximum Gasteiger partial charge on any atom is 0.254 e. The molecule has 3 aliphatic heterocycles. The summed E-state index contributed by atoms with van der Waals surface area (Å²) in [5.41, 5.74) is 0.154. The van der Waals surface area contributed by atoms with Gasteiger partial charge in [-0.05, 0) is 31.0 Å². The zero-order valence-corrected chi connectivity index (χ0v) is 16.5. The monoisotopic (exact) mass is 418 g/mol. The average Bonchev–Trinajstić information content (AvgIpc) is 3.29. The van der Waals surface area contributed by atoms with Gasteiger partial charge in [0.15, 0.2) is 0 Å². The molecule has 3 saturated heterocycles. The lowest BCUT2D eigenvalue weighted by molar-refractivity contribution is -0.138.